The van der Waals surface area contributed by atoms with E-state index in [9.17, 15) is 9.18 Å². The number of carbonyl (C=O) groups is 1. The van der Waals surface area contributed by atoms with Crippen molar-refractivity contribution in [2.45, 2.75) is 45.2 Å². The highest BCUT2D eigenvalue weighted by atomic mass is 19.2. The predicted octanol–water partition coefficient (Wildman–Crippen LogP) is 5.48. The number of benzene rings is 2. The molecule has 2 aromatic carbocycles. The molecule has 0 aliphatic rings. The topological polar surface area (TPSA) is 35.5 Å². The molecule has 0 saturated carbocycles. The first-order chi connectivity index (χ1) is 13.4. The highest BCUT2D eigenvalue weighted by molar-refractivity contribution is 5.86. The van der Waals surface area contributed by atoms with Crippen LogP contribution in [0.25, 0.3) is 0 Å². The largest absolute Gasteiger partial charge is 0.491 e. The average molecular weight is 394 g/mol. The van der Waals surface area contributed by atoms with Crippen LogP contribution in [0.3, 0.4) is 0 Å². The first kappa shape index (κ1) is 21.8. The van der Waals surface area contributed by atoms with Crippen LogP contribution < -0.4 is 4.74 Å². The van der Waals surface area contributed by atoms with E-state index in [2.05, 4.69) is 0 Å². The van der Waals surface area contributed by atoms with Gasteiger partial charge in [-0.25, -0.2) is 18.0 Å². The Morgan fingerprint density at radius 1 is 1.07 bits per heavy atom. The highest BCUT2D eigenvalue weighted by Crippen LogP contribution is 2.41. The quantitative estimate of drug-likeness (QED) is 0.528. The van der Waals surface area contributed by atoms with Crippen LogP contribution in [0.1, 0.15) is 49.8 Å². The number of esters is 1. The molecule has 0 heterocycles. The first-order valence-corrected chi connectivity index (χ1v) is 9.38. The maximum absolute atomic E-state index is 16.3. The van der Waals surface area contributed by atoms with Gasteiger partial charge in [0.25, 0.3) is 5.67 Å². The summed E-state index contributed by atoms with van der Waals surface area (Å²) in [6.07, 6.45) is 2.14. The summed E-state index contributed by atoms with van der Waals surface area (Å²) in [4.78, 5) is 12.7. The Labute approximate surface area is 163 Å². The zero-order valence-corrected chi connectivity index (χ0v) is 16.4. The summed E-state index contributed by atoms with van der Waals surface area (Å²) in [6.45, 7) is 3.67. The van der Waals surface area contributed by atoms with Crippen LogP contribution in [0.5, 0.6) is 5.75 Å². The Morgan fingerprint density at radius 3 is 2.32 bits per heavy atom. The zero-order valence-electron chi connectivity index (χ0n) is 16.4. The lowest BCUT2D eigenvalue weighted by Gasteiger charge is -2.26. The van der Waals surface area contributed by atoms with Gasteiger partial charge in [-0.3, -0.25) is 0 Å². The molecule has 1 unspecified atom stereocenters. The number of methoxy groups -OCH3 is 1. The van der Waals surface area contributed by atoms with Crippen molar-refractivity contribution >= 4 is 5.97 Å². The Bertz CT molecular complexity index is 808. The van der Waals surface area contributed by atoms with Gasteiger partial charge >= 0.3 is 5.97 Å². The number of carbonyl (C=O) groups excluding carboxylic acids is 1. The van der Waals surface area contributed by atoms with Crippen LogP contribution in [-0.4, -0.2) is 19.7 Å². The molecule has 2 rings (SSSR count). The standard InChI is InChI=1S/C22H25F3O3/c1-4-6-10-15-14-17(19(24)20(27-3)18(15)23)22(25,21(26)28-13-5-2)16-11-8-7-9-12-16/h7-9,11-12,14H,4-6,10,13H2,1-3H3. The third kappa shape index (κ3) is 4.16. The van der Waals surface area contributed by atoms with Crippen LogP contribution in [0.15, 0.2) is 36.4 Å². The summed E-state index contributed by atoms with van der Waals surface area (Å²) >= 11 is 0. The van der Waals surface area contributed by atoms with Crippen molar-refractivity contribution < 1.29 is 27.4 Å². The number of unbranched alkanes of at least 4 members (excludes halogenated alkanes) is 1. The first-order valence-electron chi connectivity index (χ1n) is 9.38. The molecule has 2 aromatic rings. The number of ether oxygens (including phenoxy) is 2. The molecule has 0 fully saturated rings. The van der Waals surface area contributed by atoms with Crippen LogP contribution in [0.2, 0.25) is 0 Å². The summed E-state index contributed by atoms with van der Waals surface area (Å²) < 4.78 is 55.9. The zero-order chi connectivity index (χ0) is 20.7. The van der Waals surface area contributed by atoms with Gasteiger partial charge < -0.3 is 9.47 Å². The molecule has 1 atom stereocenters. The van der Waals surface area contributed by atoms with Crippen LogP contribution >= 0.6 is 0 Å². The second kappa shape index (κ2) is 9.62. The van der Waals surface area contributed by atoms with E-state index >= 15 is 8.78 Å². The van der Waals surface area contributed by atoms with Gasteiger partial charge in [-0.15, -0.1) is 0 Å². The van der Waals surface area contributed by atoms with E-state index in [1.54, 1.807) is 13.0 Å². The summed E-state index contributed by atoms with van der Waals surface area (Å²) in [5, 5.41) is 0. The van der Waals surface area contributed by atoms with E-state index in [4.69, 9.17) is 9.47 Å². The highest BCUT2D eigenvalue weighted by Gasteiger charge is 2.47. The molecule has 152 valence electrons. The minimum Gasteiger partial charge on any atom is -0.491 e. The molecular formula is C22H25F3O3. The Morgan fingerprint density at radius 2 is 1.75 bits per heavy atom. The van der Waals surface area contributed by atoms with Crippen LogP contribution in [-0.2, 0) is 21.6 Å². The molecule has 0 aliphatic heterocycles. The van der Waals surface area contributed by atoms with Crippen molar-refractivity contribution in [2.75, 3.05) is 13.7 Å². The van der Waals surface area contributed by atoms with Crippen molar-refractivity contribution in [3.05, 3.63) is 64.7 Å². The lowest BCUT2D eigenvalue weighted by molar-refractivity contribution is -0.155. The average Bonchev–Trinajstić information content (AvgIpc) is 2.72. The Balaban J connectivity index is 2.73. The number of halogens is 3. The number of aryl methyl sites for hydroxylation is 1. The van der Waals surface area contributed by atoms with E-state index in [0.717, 1.165) is 19.6 Å². The second-order valence-electron chi connectivity index (χ2n) is 6.51. The molecule has 3 nitrogen and oxygen atoms in total. The monoisotopic (exact) mass is 394 g/mol. The van der Waals surface area contributed by atoms with Gasteiger partial charge in [-0.2, -0.15) is 0 Å². The normalized spacial score (nSPS) is 13.1. The lowest BCUT2D eigenvalue weighted by Crippen LogP contribution is -2.36. The van der Waals surface area contributed by atoms with Crippen molar-refractivity contribution in [3.8, 4) is 5.75 Å². The fourth-order valence-corrected chi connectivity index (χ4v) is 2.99. The number of hydrogen-bond donors (Lipinski definition) is 0. The molecule has 0 aliphatic carbocycles. The smallest absolute Gasteiger partial charge is 0.353 e. The maximum atomic E-state index is 16.3. The molecule has 0 saturated heterocycles. The van der Waals surface area contributed by atoms with Gasteiger partial charge in [0.15, 0.2) is 17.4 Å². The molecule has 0 amide bonds. The summed E-state index contributed by atoms with van der Waals surface area (Å²) in [7, 11) is 1.10. The molecule has 6 heteroatoms. The van der Waals surface area contributed by atoms with Crippen molar-refractivity contribution in [3.63, 3.8) is 0 Å². The summed E-state index contributed by atoms with van der Waals surface area (Å²) in [5.41, 5.74) is -3.53. The predicted molar refractivity (Wildman–Crippen MR) is 101 cm³/mol. The number of hydrogen-bond acceptors (Lipinski definition) is 3. The third-order valence-electron chi connectivity index (χ3n) is 4.50. The summed E-state index contributed by atoms with van der Waals surface area (Å²) in [5.74, 6) is -4.08. The van der Waals surface area contributed by atoms with E-state index in [1.807, 2.05) is 6.92 Å². The molecule has 28 heavy (non-hydrogen) atoms. The lowest BCUT2D eigenvalue weighted by atomic mass is 9.85. The molecule has 0 N–H and O–H groups in total. The van der Waals surface area contributed by atoms with E-state index in [-0.39, 0.29) is 24.2 Å². The van der Waals surface area contributed by atoms with Gasteiger partial charge in [0.1, 0.15) is 0 Å². The fourth-order valence-electron chi connectivity index (χ4n) is 2.99. The van der Waals surface area contributed by atoms with Gasteiger partial charge in [0, 0.05) is 11.1 Å². The second-order valence-corrected chi connectivity index (χ2v) is 6.51. The number of alkyl halides is 1. The third-order valence-corrected chi connectivity index (χ3v) is 4.50. The van der Waals surface area contributed by atoms with E-state index in [1.165, 1.54) is 24.3 Å². The van der Waals surface area contributed by atoms with Gasteiger partial charge in [-0.05, 0) is 30.9 Å². The van der Waals surface area contributed by atoms with E-state index < -0.39 is 34.6 Å². The van der Waals surface area contributed by atoms with Crippen LogP contribution in [0.4, 0.5) is 13.2 Å². The van der Waals surface area contributed by atoms with Gasteiger partial charge in [0.2, 0.25) is 0 Å². The molecule has 0 aromatic heterocycles. The Kier molecular flexibility index (Phi) is 7.49. The fraction of sp³-hybridized carbons (Fsp3) is 0.409. The summed E-state index contributed by atoms with van der Waals surface area (Å²) in [6, 6.07) is 8.53. The molecule has 0 spiro atoms. The maximum Gasteiger partial charge on any atom is 0.353 e. The number of rotatable bonds is 9. The van der Waals surface area contributed by atoms with Crippen molar-refractivity contribution in [1.29, 1.82) is 0 Å². The molecular weight excluding hydrogens is 369 g/mol. The minimum atomic E-state index is -2.93. The molecule has 0 radical (unpaired) electrons. The van der Waals surface area contributed by atoms with Crippen molar-refractivity contribution in [2.24, 2.45) is 0 Å². The van der Waals surface area contributed by atoms with E-state index in [0.29, 0.717) is 12.8 Å². The van der Waals surface area contributed by atoms with Crippen LogP contribution in [0, 0.1) is 11.6 Å². The minimum absolute atomic E-state index is 0.0139. The van der Waals surface area contributed by atoms with Gasteiger partial charge in [-0.1, -0.05) is 50.6 Å². The van der Waals surface area contributed by atoms with Gasteiger partial charge in [0.05, 0.1) is 13.7 Å². The van der Waals surface area contributed by atoms with Crippen molar-refractivity contribution in [1.82, 2.24) is 0 Å². The Hall–Kier alpha value is -2.50. The molecule has 0 bridgehead atoms. The SMILES string of the molecule is CCCCc1cc(C(F)(C(=O)OCCC)c2ccccc2)c(F)c(OC)c1F.